The smallest absolute Gasteiger partial charge is 0.246 e. The molecule has 3 heterocycles. The molecule has 206 valence electrons. The maximum atomic E-state index is 12.7. The minimum Gasteiger partial charge on any atom is -0.439 e. The van der Waals surface area contributed by atoms with Gasteiger partial charge in [0.25, 0.3) is 0 Å². The Morgan fingerprint density at radius 1 is 1.18 bits per heavy atom. The van der Waals surface area contributed by atoms with Gasteiger partial charge in [0.15, 0.2) is 11.5 Å². The molecule has 2 aromatic heterocycles. The summed E-state index contributed by atoms with van der Waals surface area (Å²) in [7, 11) is 3.51. The Labute approximate surface area is 235 Å². The minimum absolute atomic E-state index is 0.0172. The molecular formula is C32H39N3O3S. The highest BCUT2D eigenvalue weighted by Crippen LogP contribution is 2.34. The van der Waals surface area contributed by atoms with Crippen LogP contribution in [0.4, 0.5) is 5.88 Å². The van der Waals surface area contributed by atoms with Crippen LogP contribution in [0.25, 0.3) is 21.4 Å². The van der Waals surface area contributed by atoms with Crippen LogP contribution in [0.2, 0.25) is 0 Å². The Bertz CT molecular complexity index is 1410. The van der Waals surface area contributed by atoms with E-state index in [9.17, 15) is 9.59 Å². The molecule has 1 amide bonds. The summed E-state index contributed by atoms with van der Waals surface area (Å²) in [6.07, 6.45) is 13.9. The first-order valence-corrected chi connectivity index (χ1v) is 14.8. The first-order valence-electron chi connectivity index (χ1n) is 13.9. The zero-order valence-corrected chi connectivity index (χ0v) is 24.3. The molecule has 7 heteroatoms. The lowest BCUT2D eigenvalue weighted by Crippen LogP contribution is -2.22. The molecule has 3 aromatic rings. The number of amides is 1. The Kier molecular flexibility index (Phi) is 9.93. The van der Waals surface area contributed by atoms with E-state index in [0.29, 0.717) is 22.2 Å². The van der Waals surface area contributed by atoms with Gasteiger partial charge < -0.3 is 14.2 Å². The third-order valence-electron chi connectivity index (χ3n) is 7.19. The van der Waals surface area contributed by atoms with Gasteiger partial charge in [-0.2, -0.15) is 0 Å². The average molecular weight is 546 g/mol. The molecule has 0 N–H and O–H groups in total. The van der Waals surface area contributed by atoms with Crippen LogP contribution in [0.15, 0.2) is 73.7 Å². The third-order valence-corrected chi connectivity index (χ3v) is 8.16. The quantitative estimate of drug-likeness (QED) is 0.260. The van der Waals surface area contributed by atoms with E-state index < -0.39 is 0 Å². The van der Waals surface area contributed by atoms with Gasteiger partial charge in [-0.1, -0.05) is 30.3 Å². The maximum Gasteiger partial charge on any atom is 0.246 e. The zero-order chi connectivity index (χ0) is 27.8. The van der Waals surface area contributed by atoms with Crippen LogP contribution < -0.4 is 10.3 Å². The van der Waals surface area contributed by atoms with E-state index in [1.165, 1.54) is 16.9 Å². The molecule has 1 unspecified atom stereocenters. The number of hydrogen-bond donors (Lipinski definition) is 0. The Balaban J connectivity index is 1.38. The predicted molar refractivity (Wildman–Crippen MR) is 164 cm³/mol. The molecule has 1 aliphatic rings. The second-order valence-corrected chi connectivity index (χ2v) is 11.0. The molecule has 0 saturated heterocycles. The number of nitrogens with zero attached hydrogens (tertiary/aromatic N) is 3. The first-order chi connectivity index (χ1) is 18.9. The zero-order valence-electron chi connectivity index (χ0n) is 23.5. The molecular weight excluding hydrogens is 506 g/mol. The maximum absolute atomic E-state index is 12.7. The van der Waals surface area contributed by atoms with E-state index in [1.807, 2.05) is 17.7 Å². The van der Waals surface area contributed by atoms with E-state index in [-0.39, 0.29) is 11.3 Å². The molecule has 0 aliphatic carbocycles. The summed E-state index contributed by atoms with van der Waals surface area (Å²) in [5.74, 6) is 0.612. The largest absolute Gasteiger partial charge is 0.439 e. The highest BCUT2D eigenvalue weighted by Gasteiger charge is 2.16. The number of benzene rings is 1. The van der Waals surface area contributed by atoms with Crippen LogP contribution in [0, 0.1) is 0 Å². The fourth-order valence-corrected chi connectivity index (χ4v) is 5.71. The number of thiophene rings is 1. The van der Waals surface area contributed by atoms with E-state index in [0.717, 1.165) is 68.3 Å². The van der Waals surface area contributed by atoms with Crippen molar-refractivity contribution >= 4 is 39.6 Å². The number of anilines is 1. The Morgan fingerprint density at radius 3 is 2.67 bits per heavy atom. The molecule has 0 spiro atoms. The number of fused-ring (bicyclic) bond motifs is 1. The van der Waals surface area contributed by atoms with Gasteiger partial charge >= 0.3 is 0 Å². The van der Waals surface area contributed by atoms with Crippen molar-refractivity contribution in [2.45, 2.75) is 58.4 Å². The summed E-state index contributed by atoms with van der Waals surface area (Å²) < 4.78 is 6.90. The van der Waals surface area contributed by atoms with Crippen LogP contribution in [-0.2, 0) is 11.2 Å². The van der Waals surface area contributed by atoms with Crippen molar-refractivity contribution < 1.29 is 9.21 Å². The average Bonchev–Trinajstić information content (AvgIpc) is 3.35. The van der Waals surface area contributed by atoms with Crippen LogP contribution in [-0.4, -0.2) is 50.2 Å². The number of likely N-dealkylation sites (N-methyl/N-ethyl adjacent to an activating group) is 1. The van der Waals surface area contributed by atoms with Crippen molar-refractivity contribution in [3.63, 3.8) is 0 Å². The van der Waals surface area contributed by atoms with Crippen molar-refractivity contribution in [3.05, 3.63) is 75.3 Å². The van der Waals surface area contributed by atoms with Gasteiger partial charge in [-0.05, 0) is 75.1 Å². The Morgan fingerprint density at radius 2 is 1.95 bits per heavy atom. The first kappa shape index (κ1) is 28.6. The summed E-state index contributed by atoms with van der Waals surface area (Å²) in [6.45, 7) is 5.70. The van der Waals surface area contributed by atoms with Gasteiger partial charge in [-0.25, -0.2) is 0 Å². The molecule has 39 heavy (non-hydrogen) atoms. The normalized spacial score (nSPS) is 17.1. The highest BCUT2D eigenvalue weighted by atomic mass is 32.1. The number of aryl methyl sites for hydroxylation is 1. The molecule has 1 aliphatic heterocycles. The molecule has 6 nitrogen and oxygen atoms in total. The van der Waals surface area contributed by atoms with Crippen molar-refractivity contribution in [2.24, 2.45) is 4.99 Å². The van der Waals surface area contributed by atoms with Gasteiger partial charge in [-0.3, -0.25) is 14.6 Å². The lowest BCUT2D eigenvalue weighted by atomic mass is 9.98. The van der Waals surface area contributed by atoms with Crippen molar-refractivity contribution in [1.82, 2.24) is 4.90 Å². The van der Waals surface area contributed by atoms with E-state index in [2.05, 4.69) is 49.1 Å². The van der Waals surface area contributed by atoms with Crippen molar-refractivity contribution in [1.29, 1.82) is 0 Å². The number of aliphatic imine (C=N–C) groups is 1. The van der Waals surface area contributed by atoms with Gasteiger partial charge in [0, 0.05) is 62.5 Å². The SMILES string of the molecule is CCN(CC)c1cc(=O)c2scc(-c3ccc(CCCC4CCC/C=C(/C=C/C(=O)N(C)C)C=N4)cc3)c2o1. The second-order valence-electron chi connectivity index (χ2n) is 10.2. The molecule has 1 aromatic carbocycles. The van der Waals surface area contributed by atoms with E-state index >= 15 is 0 Å². The number of carbonyl (C=O) groups excluding carboxylic acids is 1. The molecule has 0 radical (unpaired) electrons. The lowest BCUT2D eigenvalue weighted by molar-refractivity contribution is -0.123. The number of carbonyl (C=O) groups is 1. The lowest BCUT2D eigenvalue weighted by Gasteiger charge is -2.18. The van der Waals surface area contributed by atoms with E-state index in [4.69, 9.17) is 9.41 Å². The van der Waals surface area contributed by atoms with Gasteiger partial charge in [-0.15, -0.1) is 11.3 Å². The number of hydrogen-bond acceptors (Lipinski definition) is 6. The van der Waals surface area contributed by atoms with Gasteiger partial charge in [0.05, 0.1) is 0 Å². The molecule has 1 atom stereocenters. The van der Waals surface area contributed by atoms with Crippen LogP contribution in [0.3, 0.4) is 0 Å². The summed E-state index contributed by atoms with van der Waals surface area (Å²) in [5.41, 5.74) is 5.04. The molecule has 0 bridgehead atoms. The fraction of sp³-hybridized carbons (Fsp3) is 0.406. The monoisotopic (exact) mass is 545 g/mol. The number of rotatable bonds is 10. The van der Waals surface area contributed by atoms with Gasteiger partial charge in [0.1, 0.15) is 4.70 Å². The molecule has 4 rings (SSSR count). The summed E-state index contributed by atoms with van der Waals surface area (Å²) in [5, 5.41) is 2.03. The second kappa shape index (κ2) is 13.6. The summed E-state index contributed by atoms with van der Waals surface area (Å²) in [6, 6.07) is 10.5. The molecule has 0 fully saturated rings. The summed E-state index contributed by atoms with van der Waals surface area (Å²) in [4.78, 5) is 33.0. The molecule has 0 saturated carbocycles. The van der Waals surface area contributed by atoms with Crippen LogP contribution >= 0.6 is 11.3 Å². The fourth-order valence-electron chi connectivity index (χ4n) is 4.80. The Hall–Kier alpha value is -3.45. The number of allylic oxidation sites excluding steroid dienone is 3. The highest BCUT2D eigenvalue weighted by molar-refractivity contribution is 7.17. The third kappa shape index (κ3) is 7.35. The minimum atomic E-state index is -0.0185. The van der Waals surface area contributed by atoms with Crippen molar-refractivity contribution in [2.75, 3.05) is 32.1 Å². The van der Waals surface area contributed by atoms with Crippen molar-refractivity contribution in [3.8, 4) is 11.1 Å². The standard InChI is InChI=1S/C32H39N3O3S/c1-5-35(6-2)30-20-28(36)32-31(38-30)27(22-39-32)25-17-14-23(15-18-25)11-9-13-26-12-8-7-10-24(21-33-26)16-19-29(37)34(3)4/h10,14-22,26H,5-9,11-13H2,1-4H3/b19-16+,24-10-,33-21?. The van der Waals surface area contributed by atoms with Gasteiger partial charge in [0.2, 0.25) is 11.3 Å². The summed E-state index contributed by atoms with van der Waals surface area (Å²) >= 11 is 1.45. The van der Waals surface area contributed by atoms with Crippen LogP contribution in [0.5, 0.6) is 0 Å². The van der Waals surface area contributed by atoms with Crippen LogP contribution in [0.1, 0.15) is 51.5 Å². The topological polar surface area (TPSA) is 66.1 Å². The predicted octanol–water partition coefficient (Wildman–Crippen LogP) is 6.88. The van der Waals surface area contributed by atoms with E-state index in [1.54, 1.807) is 31.1 Å².